The van der Waals surface area contributed by atoms with Gasteiger partial charge in [-0.2, -0.15) is 0 Å². The van der Waals surface area contributed by atoms with Gasteiger partial charge in [-0.15, -0.1) is 0 Å². The largest absolute Gasteiger partial charge is 0.508 e. The number of hydrogen-bond donors (Lipinski definition) is 1. The number of phenolic OH excluding ortho intramolecular Hbond substituents is 1. The first-order chi connectivity index (χ1) is 18.9. The van der Waals surface area contributed by atoms with E-state index in [0.29, 0.717) is 11.5 Å². The van der Waals surface area contributed by atoms with Crippen LogP contribution in [0, 0.1) is 25.7 Å². The molecule has 1 N–H and O–H groups in total. The van der Waals surface area contributed by atoms with E-state index in [1.807, 2.05) is 18.2 Å². The van der Waals surface area contributed by atoms with Crippen LogP contribution in [0.3, 0.4) is 0 Å². The molecule has 5 unspecified atom stereocenters. The summed E-state index contributed by atoms with van der Waals surface area (Å²) in [6, 6.07) is 9.87. The quantitative estimate of drug-likeness (QED) is 0.143. The number of ether oxygens (including phenoxy) is 1. The Balaban J connectivity index is 2.35. The molecule has 7 heteroatoms. The Morgan fingerprint density at radius 1 is 0.925 bits per heavy atom. The third kappa shape index (κ3) is 9.21. The van der Waals surface area contributed by atoms with Gasteiger partial charge in [-0.25, -0.2) is 0 Å². The Bertz CT molecular complexity index is 1160. The summed E-state index contributed by atoms with van der Waals surface area (Å²) in [6.07, 6.45) is 4.12. The standard InChI is InChI=1S/C33H49O4PS2/c1-9-11-23(5)32(19-39)37-38(35,33(20-40)24(6)12-10-2)21-36-28-15-25(7)30(26(8)16-28)18-27-13-14-31(34)29(17-27)22(3)4/h13-17,19-20,22-24,32-34H,9-12,18,21H2,1-8H3. The average molecular weight is 605 g/mol. The maximum absolute atomic E-state index is 14.6. The second-order valence-electron chi connectivity index (χ2n) is 11.6. The van der Waals surface area contributed by atoms with Crippen molar-refractivity contribution in [1.29, 1.82) is 0 Å². The second-order valence-corrected chi connectivity index (χ2v) is 14.7. The molecule has 2 aromatic carbocycles. The first-order valence-electron chi connectivity index (χ1n) is 14.6. The Hall–Kier alpha value is -1.59. The average Bonchev–Trinajstić information content (AvgIpc) is 2.89. The predicted molar refractivity (Wildman–Crippen MR) is 178 cm³/mol. The van der Waals surface area contributed by atoms with Crippen molar-refractivity contribution in [2.75, 3.05) is 6.35 Å². The maximum Gasteiger partial charge on any atom is 0.247 e. The van der Waals surface area contributed by atoms with E-state index < -0.39 is 13.5 Å². The van der Waals surface area contributed by atoms with Gasteiger partial charge in [-0.1, -0.05) is 91.0 Å². The van der Waals surface area contributed by atoms with Crippen LogP contribution in [0.15, 0.2) is 30.3 Å². The van der Waals surface area contributed by atoms with Crippen LogP contribution < -0.4 is 4.74 Å². The van der Waals surface area contributed by atoms with E-state index in [-0.39, 0.29) is 29.8 Å². The van der Waals surface area contributed by atoms with Gasteiger partial charge < -0.3 is 14.4 Å². The van der Waals surface area contributed by atoms with Crippen LogP contribution in [-0.4, -0.2) is 34.0 Å². The van der Waals surface area contributed by atoms with Crippen LogP contribution >= 0.6 is 31.8 Å². The first-order valence-corrected chi connectivity index (χ1v) is 17.4. The molecule has 2 aromatic rings. The fourth-order valence-electron chi connectivity index (χ4n) is 5.38. The van der Waals surface area contributed by atoms with Gasteiger partial charge in [0.1, 0.15) is 11.5 Å². The highest BCUT2D eigenvalue weighted by Crippen LogP contribution is 2.56. The Kier molecular flexibility index (Phi) is 14.0. The van der Waals surface area contributed by atoms with Crippen LogP contribution in [0.5, 0.6) is 11.5 Å². The lowest BCUT2D eigenvalue weighted by atomic mass is 9.93. The summed E-state index contributed by atoms with van der Waals surface area (Å²) in [6.45, 7) is 16.7. The van der Waals surface area contributed by atoms with Crippen molar-refractivity contribution in [2.24, 2.45) is 11.8 Å². The van der Waals surface area contributed by atoms with E-state index in [1.54, 1.807) is 16.8 Å². The van der Waals surface area contributed by atoms with Crippen molar-refractivity contribution in [3.63, 3.8) is 0 Å². The highest BCUT2D eigenvalue weighted by molar-refractivity contribution is 7.80. The lowest BCUT2D eigenvalue weighted by molar-refractivity contribution is 0.191. The van der Waals surface area contributed by atoms with Gasteiger partial charge in [0.25, 0.3) is 0 Å². The number of aryl methyl sites for hydroxylation is 2. The van der Waals surface area contributed by atoms with E-state index in [1.165, 1.54) is 5.56 Å². The smallest absolute Gasteiger partial charge is 0.247 e. The third-order valence-corrected chi connectivity index (χ3v) is 11.3. The van der Waals surface area contributed by atoms with E-state index >= 15 is 0 Å². The zero-order chi connectivity index (χ0) is 30.0. The zero-order valence-electron chi connectivity index (χ0n) is 25.6. The van der Waals surface area contributed by atoms with Crippen LogP contribution in [0.1, 0.15) is 101 Å². The number of thiocarbonyl (C=S) groups is 2. The maximum atomic E-state index is 14.6. The van der Waals surface area contributed by atoms with Crippen molar-refractivity contribution >= 4 is 42.5 Å². The van der Waals surface area contributed by atoms with Gasteiger partial charge in [0, 0.05) is 5.37 Å². The fraction of sp³-hybridized carbons (Fsp3) is 0.576. The van der Waals surface area contributed by atoms with Gasteiger partial charge in [0.05, 0.1) is 11.8 Å². The lowest BCUT2D eigenvalue weighted by Gasteiger charge is -2.33. The molecule has 0 aromatic heterocycles. The minimum absolute atomic E-state index is 0.0503. The summed E-state index contributed by atoms with van der Waals surface area (Å²) in [5.41, 5.74) is 5.14. The highest BCUT2D eigenvalue weighted by Gasteiger charge is 2.40. The van der Waals surface area contributed by atoms with Crippen LogP contribution in [0.2, 0.25) is 0 Å². The fourth-order valence-corrected chi connectivity index (χ4v) is 9.10. The van der Waals surface area contributed by atoms with Gasteiger partial charge in [-0.05, 0) is 102 Å². The molecule has 5 atom stereocenters. The molecule has 0 amide bonds. The molecule has 0 bridgehead atoms. The van der Waals surface area contributed by atoms with Crippen molar-refractivity contribution in [1.82, 2.24) is 0 Å². The molecule has 40 heavy (non-hydrogen) atoms. The first kappa shape index (κ1) is 34.6. The normalized spacial score (nSPS) is 16.1. The number of rotatable bonds is 17. The number of aromatic hydroxyl groups is 1. The van der Waals surface area contributed by atoms with Crippen molar-refractivity contribution in [3.05, 3.63) is 58.1 Å². The summed E-state index contributed by atoms with van der Waals surface area (Å²) in [7, 11) is -3.35. The predicted octanol–water partition coefficient (Wildman–Crippen LogP) is 9.96. The van der Waals surface area contributed by atoms with E-state index in [4.69, 9.17) is 33.7 Å². The van der Waals surface area contributed by atoms with Crippen molar-refractivity contribution in [3.8, 4) is 11.5 Å². The van der Waals surface area contributed by atoms with Crippen LogP contribution in [0.25, 0.3) is 0 Å². The molecule has 0 saturated heterocycles. The Labute approximate surface area is 253 Å². The molecule has 0 spiro atoms. The lowest BCUT2D eigenvalue weighted by Crippen LogP contribution is -2.29. The molecular formula is C33H49O4PS2. The molecule has 0 heterocycles. The molecule has 4 nitrogen and oxygen atoms in total. The van der Waals surface area contributed by atoms with Gasteiger partial charge >= 0.3 is 0 Å². The SMILES string of the molecule is CCCC(C)C(C=S)OP(=O)(COc1cc(C)c(Cc2ccc(O)c(C(C)C)c2)c(C)c1)C(C=S)C(C)CCC. The third-order valence-electron chi connectivity index (χ3n) is 7.84. The summed E-state index contributed by atoms with van der Waals surface area (Å²) >= 11 is 10.7. The van der Waals surface area contributed by atoms with Gasteiger partial charge in [-0.3, -0.25) is 4.57 Å². The van der Waals surface area contributed by atoms with E-state index in [2.05, 4.69) is 61.5 Å². The number of phenols is 1. The van der Waals surface area contributed by atoms with Crippen molar-refractivity contribution < 1.29 is 18.9 Å². The van der Waals surface area contributed by atoms with Gasteiger partial charge in [0.15, 0.2) is 6.35 Å². The monoisotopic (exact) mass is 604 g/mol. The molecule has 0 fully saturated rings. The van der Waals surface area contributed by atoms with Crippen LogP contribution in [-0.2, 0) is 15.5 Å². The molecule has 222 valence electrons. The highest BCUT2D eigenvalue weighted by atomic mass is 32.1. The molecule has 2 rings (SSSR count). The topological polar surface area (TPSA) is 55.8 Å². The van der Waals surface area contributed by atoms with Crippen LogP contribution in [0.4, 0.5) is 0 Å². The molecule has 0 aliphatic heterocycles. The Morgan fingerprint density at radius 3 is 2.05 bits per heavy atom. The van der Waals surface area contributed by atoms with E-state index in [0.717, 1.165) is 54.4 Å². The van der Waals surface area contributed by atoms with Crippen molar-refractivity contribution in [2.45, 2.75) is 105 Å². The summed E-state index contributed by atoms with van der Waals surface area (Å²) in [5, 5.41) is 13.5. The Morgan fingerprint density at radius 2 is 1.52 bits per heavy atom. The minimum atomic E-state index is -3.35. The summed E-state index contributed by atoms with van der Waals surface area (Å²) in [4.78, 5) is 0. The number of hydrogen-bond acceptors (Lipinski definition) is 6. The summed E-state index contributed by atoms with van der Waals surface area (Å²) in [5.74, 6) is 1.52. The van der Waals surface area contributed by atoms with E-state index in [9.17, 15) is 9.67 Å². The summed E-state index contributed by atoms with van der Waals surface area (Å²) < 4.78 is 27.2. The molecular weight excluding hydrogens is 555 g/mol. The molecule has 0 aliphatic carbocycles. The molecule has 0 aliphatic rings. The minimum Gasteiger partial charge on any atom is -0.508 e. The molecule has 0 radical (unpaired) electrons. The number of benzene rings is 2. The second kappa shape index (κ2) is 16.2. The van der Waals surface area contributed by atoms with Gasteiger partial charge in [0.2, 0.25) is 7.37 Å². The zero-order valence-corrected chi connectivity index (χ0v) is 28.1. The molecule has 0 saturated carbocycles.